The minimum Gasteiger partial charge on any atom is -0.396 e. The summed E-state index contributed by atoms with van der Waals surface area (Å²) < 4.78 is 0.911. The van der Waals surface area contributed by atoms with Gasteiger partial charge in [-0.2, -0.15) is 0 Å². The average molecular weight is 313 g/mol. The van der Waals surface area contributed by atoms with Gasteiger partial charge in [0.05, 0.1) is 5.69 Å². The van der Waals surface area contributed by atoms with E-state index in [0.29, 0.717) is 11.7 Å². The maximum atomic E-state index is 5.93. The van der Waals surface area contributed by atoms with Crippen molar-refractivity contribution in [2.75, 3.05) is 30.7 Å². The lowest BCUT2D eigenvalue weighted by Crippen LogP contribution is -2.38. The summed E-state index contributed by atoms with van der Waals surface area (Å²) in [6.45, 7) is 5.67. The number of hydrogen-bond acceptors (Lipinski definition) is 4. The van der Waals surface area contributed by atoms with Crippen LogP contribution in [0.1, 0.15) is 26.2 Å². The molecule has 1 aliphatic rings. The Bertz CT molecular complexity index is 391. The van der Waals surface area contributed by atoms with Crippen LogP contribution in [0.25, 0.3) is 0 Å². The molecule has 1 saturated heterocycles. The first-order valence-corrected chi connectivity index (χ1v) is 7.34. The van der Waals surface area contributed by atoms with Gasteiger partial charge in [-0.15, -0.1) is 0 Å². The second-order valence-corrected chi connectivity index (χ2v) is 5.91. The lowest BCUT2D eigenvalue weighted by molar-refractivity contribution is 0.223. The Morgan fingerprint density at radius 3 is 2.83 bits per heavy atom. The molecule has 1 aliphatic heterocycles. The van der Waals surface area contributed by atoms with Gasteiger partial charge in [0, 0.05) is 23.3 Å². The molecule has 2 heterocycles. The van der Waals surface area contributed by atoms with Gasteiger partial charge in [-0.25, -0.2) is 4.98 Å². The Labute approximate surface area is 117 Å². The van der Waals surface area contributed by atoms with E-state index in [4.69, 9.17) is 5.73 Å². The minimum absolute atomic E-state index is 0.360. The summed E-state index contributed by atoms with van der Waals surface area (Å²) in [7, 11) is 0. The number of halogens is 1. The van der Waals surface area contributed by atoms with Gasteiger partial charge in [0.15, 0.2) is 0 Å². The number of likely N-dealkylation sites (tertiary alicyclic amines) is 1. The molecule has 1 aromatic heterocycles. The van der Waals surface area contributed by atoms with Crippen molar-refractivity contribution in [2.24, 2.45) is 0 Å². The van der Waals surface area contributed by atoms with Gasteiger partial charge in [-0.3, -0.25) is 0 Å². The van der Waals surface area contributed by atoms with Crippen LogP contribution in [-0.2, 0) is 0 Å². The van der Waals surface area contributed by atoms with Gasteiger partial charge in [0.25, 0.3) is 0 Å². The van der Waals surface area contributed by atoms with Crippen molar-refractivity contribution in [1.29, 1.82) is 0 Å². The van der Waals surface area contributed by atoms with Crippen molar-refractivity contribution in [1.82, 2.24) is 9.88 Å². The SMILES string of the molecule is CC(CN1CCCCC1)Nc1ncc(Br)cc1N. The van der Waals surface area contributed by atoms with Crippen LogP contribution in [-0.4, -0.2) is 35.6 Å². The molecule has 0 bridgehead atoms. The molecule has 0 aliphatic carbocycles. The predicted octanol–water partition coefficient (Wildman–Crippen LogP) is 2.71. The Kier molecular flexibility index (Phi) is 4.83. The van der Waals surface area contributed by atoms with Gasteiger partial charge in [0.2, 0.25) is 0 Å². The van der Waals surface area contributed by atoms with Crippen LogP contribution in [0.3, 0.4) is 0 Å². The first-order valence-electron chi connectivity index (χ1n) is 6.55. The summed E-state index contributed by atoms with van der Waals surface area (Å²) in [6, 6.07) is 2.24. The molecule has 2 rings (SSSR count). The number of aromatic nitrogens is 1. The van der Waals surface area contributed by atoms with Gasteiger partial charge < -0.3 is 16.0 Å². The van der Waals surface area contributed by atoms with Gasteiger partial charge in [-0.1, -0.05) is 6.42 Å². The maximum Gasteiger partial charge on any atom is 0.149 e. The zero-order chi connectivity index (χ0) is 13.0. The molecule has 4 nitrogen and oxygen atoms in total. The number of nitrogens with zero attached hydrogens (tertiary/aromatic N) is 2. The molecule has 1 unspecified atom stereocenters. The molecule has 0 saturated carbocycles. The maximum absolute atomic E-state index is 5.93. The third-order valence-corrected chi connectivity index (χ3v) is 3.68. The lowest BCUT2D eigenvalue weighted by atomic mass is 10.1. The fourth-order valence-electron chi connectivity index (χ4n) is 2.38. The van der Waals surface area contributed by atoms with Crippen LogP contribution in [0.15, 0.2) is 16.7 Å². The van der Waals surface area contributed by atoms with Crippen LogP contribution < -0.4 is 11.1 Å². The third-order valence-electron chi connectivity index (χ3n) is 3.25. The molecule has 5 heteroatoms. The molecular weight excluding hydrogens is 292 g/mol. The average Bonchev–Trinajstić information content (AvgIpc) is 2.34. The largest absolute Gasteiger partial charge is 0.396 e. The van der Waals surface area contributed by atoms with E-state index < -0.39 is 0 Å². The van der Waals surface area contributed by atoms with E-state index in [1.54, 1.807) is 6.20 Å². The van der Waals surface area contributed by atoms with E-state index in [0.717, 1.165) is 16.8 Å². The highest BCUT2D eigenvalue weighted by atomic mass is 79.9. The van der Waals surface area contributed by atoms with Gasteiger partial charge in [-0.05, 0) is 54.9 Å². The minimum atomic E-state index is 0.360. The first-order chi connectivity index (χ1) is 8.65. The molecule has 100 valence electrons. The summed E-state index contributed by atoms with van der Waals surface area (Å²) in [4.78, 5) is 6.82. The number of rotatable bonds is 4. The smallest absolute Gasteiger partial charge is 0.149 e. The number of hydrogen-bond donors (Lipinski definition) is 2. The molecule has 1 aromatic rings. The predicted molar refractivity (Wildman–Crippen MR) is 79.7 cm³/mol. The Morgan fingerprint density at radius 1 is 1.44 bits per heavy atom. The van der Waals surface area contributed by atoms with Crippen LogP contribution in [0.5, 0.6) is 0 Å². The number of nitrogen functional groups attached to an aromatic ring is 1. The van der Waals surface area contributed by atoms with Crippen molar-refractivity contribution in [3.8, 4) is 0 Å². The third kappa shape index (κ3) is 3.85. The van der Waals surface area contributed by atoms with E-state index in [1.807, 2.05) is 6.07 Å². The normalized spacial score (nSPS) is 18.6. The summed E-state index contributed by atoms with van der Waals surface area (Å²) in [6.07, 6.45) is 5.79. The highest BCUT2D eigenvalue weighted by Gasteiger charge is 2.14. The van der Waals surface area contributed by atoms with E-state index >= 15 is 0 Å². The molecular formula is C13H21BrN4. The van der Waals surface area contributed by atoms with E-state index in [1.165, 1.54) is 32.4 Å². The zero-order valence-corrected chi connectivity index (χ0v) is 12.4. The second-order valence-electron chi connectivity index (χ2n) is 5.00. The van der Waals surface area contributed by atoms with Crippen molar-refractivity contribution < 1.29 is 0 Å². The number of piperidine rings is 1. The molecule has 0 radical (unpaired) electrons. The monoisotopic (exact) mass is 312 g/mol. The fourth-order valence-corrected chi connectivity index (χ4v) is 2.73. The Morgan fingerprint density at radius 2 is 2.17 bits per heavy atom. The lowest BCUT2D eigenvalue weighted by Gasteiger charge is -2.29. The molecule has 0 spiro atoms. The quantitative estimate of drug-likeness (QED) is 0.897. The Balaban J connectivity index is 1.87. The summed E-state index contributed by atoms with van der Waals surface area (Å²) in [5, 5.41) is 3.39. The van der Waals surface area contributed by atoms with Crippen molar-refractivity contribution in [3.63, 3.8) is 0 Å². The van der Waals surface area contributed by atoms with Gasteiger partial charge >= 0.3 is 0 Å². The molecule has 1 fully saturated rings. The topological polar surface area (TPSA) is 54.2 Å². The van der Waals surface area contributed by atoms with Crippen molar-refractivity contribution in [2.45, 2.75) is 32.2 Å². The molecule has 3 N–H and O–H groups in total. The van der Waals surface area contributed by atoms with E-state index in [-0.39, 0.29) is 0 Å². The van der Waals surface area contributed by atoms with Crippen molar-refractivity contribution in [3.05, 3.63) is 16.7 Å². The molecule has 0 amide bonds. The van der Waals surface area contributed by atoms with E-state index in [2.05, 4.69) is 38.1 Å². The fraction of sp³-hybridized carbons (Fsp3) is 0.615. The van der Waals surface area contributed by atoms with Crippen LogP contribution in [0, 0.1) is 0 Å². The van der Waals surface area contributed by atoms with E-state index in [9.17, 15) is 0 Å². The number of nitrogens with one attached hydrogen (secondary N) is 1. The number of anilines is 2. The van der Waals surface area contributed by atoms with Crippen LogP contribution in [0.2, 0.25) is 0 Å². The highest BCUT2D eigenvalue weighted by molar-refractivity contribution is 9.10. The standard InChI is InChI=1S/C13H21BrN4/c1-10(9-18-5-3-2-4-6-18)17-13-12(15)7-11(14)8-16-13/h7-8,10H,2-6,9,15H2,1H3,(H,16,17). The summed E-state index contributed by atoms with van der Waals surface area (Å²) in [5.41, 5.74) is 6.62. The van der Waals surface area contributed by atoms with Crippen molar-refractivity contribution >= 4 is 27.4 Å². The van der Waals surface area contributed by atoms with Gasteiger partial charge in [0.1, 0.15) is 5.82 Å². The molecule has 1 atom stereocenters. The second kappa shape index (κ2) is 6.38. The highest BCUT2D eigenvalue weighted by Crippen LogP contribution is 2.20. The van der Waals surface area contributed by atoms with Crippen LogP contribution >= 0.6 is 15.9 Å². The first kappa shape index (κ1) is 13.6. The Hall–Kier alpha value is -0.810. The van der Waals surface area contributed by atoms with Crippen LogP contribution in [0.4, 0.5) is 11.5 Å². The summed E-state index contributed by atoms with van der Waals surface area (Å²) in [5.74, 6) is 0.780. The molecule has 18 heavy (non-hydrogen) atoms. The zero-order valence-electron chi connectivity index (χ0n) is 10.8. The molecule has 0 aromatic carbocycles. The summed E-state index contributed by atoms with van der Waals surface area (Å²) >= 11 is 3.36. The number of nitrogens with two attached hydrogens (primary N) is 1. The number of pyridine rings is 1.